The number of morpholine rings is 1. The molecule has 0 bridgehead atoms. The minimum Gasteiger partial charge on any atom is -0.379 e. The molecule has 0 amide bonds. The van der Waals surface area contributed by atoms with E-state index in [-0.39, 0.29) is 24.0 Å². The van der Waals surface area contributed by atoms with Crippen LogP contribution in [0.25, 0.3) is 0 Å². The molecule has 0 saturated carbocycles. The Morgan fingerprint density at radius 1 is 1.19 bits per heavy atom. The van der Waals surface area contributed by atoms with E-state index >= 15 is 0 Å². The van der Waals surface area contributed by atoms with E-state index in [4.69, 9.17) is 9.73 Å². The predicted octanol–water partition coefficient (Wildman–Crippen LogP) is 2.14. The number of ether oxygens (including phenoxy) is 1. The second kappa shape index (κ2) is 14.1. The van der Waals surface area contributed by atoms with Crippen LogP contribution in [0.3, 0.4) is 0 Å². The lowest BCUT2D eigenvalue weighted by Crippen LogP contribution is -2.44. The molecular weight excluding hydrogens is 453 g/mol. The van der Waals surface area contributed by atoms with Crippen molar-refractivity contribution in [2.75, 3.05) is 59.5 Å². The molecular formula is C20H36IN5O. The van der Waals surface area contributed by atoms with Crippen LogP contribution in [0.15, 0.2) is 29.3 Å². The smallest absolute Gasteiger partial charge is 0.191 e. The summed E-state index contributed by atoms with van der Waals surface area (Å²) in [7, 11) is 2.15. The number of nitrogens with zero attached hydrogens (tertiary/aromatic N) is 3. The van der Waals surface area contributed by atoms with Gasteiger partial charge in [-0.15, -0.1) is 24.0 Å². The summed E-state index contributed by atoms with van der Waals surface area (Å²) in [5, 5.41) is 6.78. The summed E-state index contributed by atoms with van der Waals surface area (Å²) in [6.45, 7) is 13.5. The number of aliphatic imine (C=N–C) groups is 1. The summed E-state index contributed by atoms with van der Waals surface area (Å²) in [6.07, 6.45) is 0. The molecule has 6 nitrogen and oxygen atoms in total. The third kappa shape index (κ3) is 9.73. The minimum absolute atomic E-state index is 0. The lowest BCUT2D eigenvalue weighted by atomic mass is 10.1. The lowest BCUT2D eigenvalue weighted by molar-refractivity contribution is 0.0389. The summed E-state index contributed by atoms with van der Waals surface area (Å²) in [5.74, 6) is 0.886. The maximum absolute atomic E-state index is 5.39. The van der Waals surface area contributed by atoms with Gasteiger partial charge in [0.25, 0.3) is 0 Å². The molecule has 1 aliphatic heterocycles. The number of hydrogen-bond donors (Lipinski definition) is 2. The van der Waals surface area contributed by atoms with Gasteiger partial charge in [0.05, 0.1) is 19.8 Å². The number of nitrogens with one attached hydrogen (secondary N) is 2. The number of halogens is 1. The van der Waals surface area contributed by atoms with E-state index < -0.39 is 0 Å². The first-order valence-corrected chi connectivity index (χ1v) is 9.80. The van der Waals surface area contributed by atoms with Crippen LogP contribution in [-0.2, 0) is 17.8 Å². The third-order valence-electron chi connectivity index (χ3n) is 4.57. The van der Waals surface area contributed by atoms with Crippen LogP contribution in [-0.4, -0.2) is 75.3 Å². The Hall–Kier alpha value is -0.900. The Balaban J connectivity index is 0.00000364. The van der Waals surface area contributed by atoms with Gasteiger partial charge in [-0.05, 0) is 31.6 Å². The van der Waals surface area contributed by atoms with E-state index in [9.17, 15) is 0 Å². The van der Waals surface area contributed by atoms with Crippen molar-refractivity contribution in [3.63, 3.8) is 0 Å². The van der Waals surface area contributed by atoms with Gasteiger partial charge in [0, 0.05) is 39.3 Å². The van der Waals surface area contributed by atoms with Crippen LogP contribution >= 0.6 is 24.0 Å². The largest absolute Gasteiger partial charge is 0.379 e. The highest BCUT2D eigenvalue weighted by molar-refractivity contribution is 14.0. The van der Waals surface area contributed by atoms with Gasteiger partial charge in [0.2, 0.25) is 0 Å². The van der Waals surface area contributed by atoms with E-state index in [2.05, 4.69) is 65.6 Å². The van der Waals surface area contributed by atoms with Gasteiger partial charge >= 0.3 is 0 Å². The zero-order valence-corrected chi connectivity index (χ0v) is 19.4. The highest BCUT2D eigenvalue weighted by Gasteiger charge is 2.09. The van der Waals surface area contributed by atoms with Crippen molar-refractivity contribution in [1.29, 1.82) is 0 Å². The maximum Gasteiger partial charge on any atom is 0.191 e. The average Bonchev–Trinajstić information content (AvgIpc) is 2.67. The summed E-state index contributed by atoms with van der Waals surface area (Å²) in [6, 6.07) is 8.72. The average molecular weight is 489 g/mol. The van der Waals surface area contributed by atoms with Crippen molar-refractivity contribution < 1.29 is 4.74 Å². The molecule has 0 spiro atoms. The fourth-order valence-electron chi connectivity index (χ4n) is 2.92. The van der Waals surface area contributed by atoms with Crippen LogP contribution in [0.4, 0.5) is 0 Å². The van der Waals surface area contributed by atoms with Crippen molar-refractivity contribution in [1.82, 2.24) is 20.4 Å². The molecule has 1 aromatic rings. The molecule has 1 saturated heterocycles. The molecule has 1 aromatic carbocycles. The first-order chi connectivity index (χ1) is 12.7. The number of guanidine groups is 1. The van der Waals surface area contributed by atoms with Gasteiger partial charge in [0.1, 0.15) is 0 Å². The highest BCUT2D eigenvalue weighted by Crippen LogP contribution is 2.08. The number of benzene rings is 1. The van der Waals surface area contributed by atoms with Crippen LogP contribution in [0.1, 0.15) is 25.0 Å². The first kappa shape index (κ1) is 24.1. The highest BCUT2D eigenvalue weighted by atomic mass is 127. The summed E-state index contributed by atoms with van der Waals surface area (Å²) in [4.78, 5) is 9.47. The normalized spacial score (nSPS) is 15.5. The van der Waals surface area contributed by atoms with Crippen molar-refractivity contribution in [3.8, 4) is 0 Å². The monoisotopic (exact) mass is 489 g/mol. The molecule has 0 aliphatic carbocycles. The maximum atomic E-state index is 5.39. The van der Waals surface area contributed by atoms with E-state index in [1.807, 2.05) is 0 Å². The third-order valence-corrected chi connectivity index (χ3v) is 4.57. The van der Waals surface area contributed by atoms with E-state index in [0.29, 0.717) is 6.54 Å². The van der Waals surface area contributed by atoms with Crippen molar-refractivity contribution in [2.24, 2.45) is 4.99 Å². The van der Waals surface area contributed by atoms with Crippen molar-refractivity contribution >= 4 is 29.9 Å². The zero-order valence-electron chi connectivity index (χ0n) is 17.0. The Bertz CT molecular complexity index is 549. The van der Waals surface area contributed by atoms with Crippen LogP contribution < -0.4 is 10.6 Å². The quantitative estimate of drug-likeness (QED) is 0.317. The fourth-order valence-corrected chi connectivity index (χ4v) is 2.92. The molecule has 1 aliphatic rings. The number of hydrogen-bond acceptors (Lipinski definition) is 4. The molecule has 0 unspecified atom stereocenters. The van der Waals surface area contributed by atoms with Crippen LogP contribution in [0, 0.1) is 0 Å². The van der Waals surface area contributed by atoms with E-state index in [1.54, 1.807) is 0 Å². The SMILES string of the molecule is CCNC(=NCc1cccc(CN(C)CC)c1)NCCN1CCOCC1.I. The molecule has 0 atom stereocenters. The van der Waals surface area contributed by atoms with Crippen molar-refractivity contribution in [2.45, 2.75) is 26.9 Å². The molecule has 154 valence electrons. The summed E-state index contributed by atoms with van der Waals surface area (Å²) >= 11 is 0. The van der Waals surface area contributed by atoms with E-state index in [1.165, 1.54) is 11.1 Å². The van der Waals surface area contributed by atoms with Gasteiger partial charge in [-0.3, -0.25) is 4.90 Å². The molecule has 27 heavy (non-hydrogen) atoms. The second-order valence-electron chi connectivity index (χ2n) is 6.73. The zero-order chi connectivity index (χ0) is 18.6. The fraction of sp³-hybridized carbons (Fsp3) is 0.650. The van der Waals surface area contributed by atoms with E-state index in [0.717, 1.165) is 65.0 Å². The van der Waals surface area contributed by atoms with Gasteiger partial charge < -0.3 is 20.3 Å². The summed E-state index contributed by atoms with van der Waals surface area (Å²) < 4.78 is 5.39. The van der Waals surface area contributed by atoms with Crippen LogP contribution in [0.2, 0.25) is 0 Å². The molecule has 7 heteroatoms. The molecule has 1 fully saturated rings. The first-order valence-electron chi connectivity index (χ1n) is 9.80. The predicted molar refractivity (Wildman–Crippen MR) is 124 cm³/mol. The van der Waals surface area contributed by atoms with Crippen LogP contribution in [0.5, 0.6) is 0 Å². The Labute approximate surface area is 181 Å². The van der Waals surface area contributed by atoms with Gasteiger partial charge in [-0.25, -0.2) is 4.99 Å². The lowest BCUT2D eigenvalue weighted by Gasteiger charge is -2.26. The standard InChI is InChI=1S/C20H35N5O.HI/c1-4-21-20(22-9-10-25-11-13-26-14-12-25)23-16-18-7-6-8-19(15-18)17-24(3)5-2;/h6-8,15H,4-5,9-14,16-17H2,1-3H3,(H2,21,22,23);1H. The molecule has 2 rings (SSSR count). The van der Waals surface area contributed by atoms with Gasteiger partial charge in [-0.2, -0.15) is 0 Å². The van der Waals surface area contributed by atoms with Gasteiger partial charge in [-0.1, -0.05) is 31.2 Å². The topological polar surface area (TPSA) is 52.1 Å². The summed E-state index contributed by atoms with van der Waals surface area (Å²) in [5.41, 5.74) is 2.59. The second-order valence-corrected chi connectivity index (χ2v) is 6.73. The Morgan fingerprint density at radius 3 is 2.63 bits per heavy atom. The number of rotatable bonds is 9. The molecule has 0 radical (unpaired) electrons. The van der Waals surface area contributed by atoms with Gasteiger partial charge in [0.15, 0.2) is 5.96 Å². The Kier molecular flexibility index (Phi) is 12.6. The molecule has 0 aromatic heterocycles. The minimum atomic E-state index is 0. The van der Waals surface area contributed by atoms with Crippen molar-refractivity contribution in [3.05, 3.63) is 35.4 Å². The molecule has 1 heterocycles. The Morgan fingerprint density at radius 2 is 1.93 bits per heavy atom. The molecule has 2 N–H and O–H groups in total.